The maximum absolute atomic E-state index is 6.16. The van der Waals surface area contributed by atoms with Crippen molar-refractivity contribution in [2.75, 3.05) is 12.8 Å². The summed E-state index contributed by atoms with van der Waals surface area (Å²) in [6.07, 6.45) is 0. The first-order chi connectivity index (χ1) is 11.3. The number of aromatic nitrogens is 2. The van der Waals surface area contributed by atoms with Gasteiger partial charge in [0.25, 0.3) is 0 Å². The summed E-state index contributed by atoms with van der Waals surface area (Å²) in [5.74, 6) is 1.52. The zero-order valence-electron chi connectivity index (χ0n) is 12.3. The second-order valence-corrected chi connectivity index (χ2v) is 6.78. The van der Waals surface area contributed by atoms with Gasteiger partial charge in [-0.2, -0.15) is 0 Å². The Labute approximate surface area is 141 Å². The highest BCUT2D eigenvalue weighted by atomic mass is 32.1. The molecule has 114 valence electrons. The van der Waals surface area contributed by atoms with Gasteiger partial charge in [-0.25, -0.2) is 9.97 Å². The first-order valence-corrected chi connectivity index (χ1v) is 8.75. The Bertz CT molecular complexity index is 977. The maximum Gasteiger partial charge on any atom is 0.171 e. The molecule has 0 aliphatic carbocycles. The van der Waals surface area contributed by atoms with Crippen LogP contribution in [0.5, 0.6) is 5.75 Å². The molecule has 3 aromatic heterocycles. The van der Waals surface area contributed by atoms with E-state index in [0.29, 0.717) is 5.69 Å². The summed E-state index contributed by atoms with van der Waals surface area (Å²) in [5, 5.41) is 4.85. The van der Waals surface area contributed by atoms with Gasteiger partial charge in [0, 0.05) is 10.9 Å². The zero-order valence-corrected chi connectivity index (χ0v) is 13.9. The van der Waals surface area contributed by atoms with Crippen LogP contribution in [0.3, 0.4) is 0 Å². The van der Waals surface area contributed by atoms with Crippen molar-refractivity contribution in [2.45, 2.75) is 0 Å². The number of hydrogen-bond acceptors (Lipinski definition) is 6. The van der Waals surface area contributed by atoms with Gasteiger partial charge in [-0.15, -0.1) is 22.7 Å². The van der Waals surface area contributed by atoms with E-state index in [4.69, 9.17) is 15.5 Å². The summed E-state index contributed by atoms with van der Waals surface area (Å²) in [7, 11) is 1.66. The van der Waals surface area contributed by atoms with Gasteiger partial charge in [0.2, 0.25) is 0 Å². The number of thiophene rings is 2. The lowest BCUT2D eigenvalue weighted by Gasteiger charge is -2.08. The maximum atomic E-state index is 6.16. The minimum atomic E-state index is 0.709. The molecule has 0 amide bonds. The van der Waals surface area contributed by atoms with Crippen molar-refractivity contribution < 1.29 is 4.74 Å². The number of nitrogen functional groups attached to an aromatic ring is 1. The van der Waals surface area contributed by atoms with Crippen LogP contribution in [0.4, 0.5) is 5.69 Å². The third-order valence-corrected chi connectivity index (χ3v) is 5.30. The summed E-state index contributed by atoms with van der Waals surface area (Å²) in [6, 6.07) is 11.9. The van der Waals surface area contributed by atoms with E-state index in [1.807, 2.05) is 47.2 Å². The van der Waals surface area contributed by atoms with Crippen molar-refractivity contribution in [2.24, 2.45) is 0 Å². The van der Waals surface area contributed by atoms with Gasteiger partial charge >= 0.3 is 0 Å². The fraction of sp³-hybridized carbons (Fsp3) is 0.0588. The van der Waals surface area contributed by atoms with Crippen molar-refractivity contribution in [3.8, 4) is 27.7 Å². The number of rotatable bonds is 3. The summed E-state index contributed by atoms with van der Waals surface area (Å²) in [4.78, 5) is 11.4. The van der Waals surface area contributed by atoms with Crippen LogP contribution in [0.1, 0.15) is 0 Å². The van der Waals surface area contributed by atoms with E-state index in [-0.39, 0.29) is 0 Å². The van der Waals surface area contributed by atoms with E-state index in [0.717, 1.165) is 37.9 Å². The Kier molecular flexibility index (Phi) is 3.48. The molecule has 0 saturated heterocycles. The number of nitrogens with two attached hydrogens (primary N) is 1. The van der Waals surface area contributed by atoms with Crippen LogP contribution in [0.2, 0.25) is 0 Å². The summed E-state index contributed by atoms with van der Waals surface area (Å²) >= 11 is 3.17. The molecule has 0 atom stereocenters. The monoisotopic (exact) mass is 339 g/mol. The molecule has 0 radical (unpaired) electrons. The fourth-order valence-electron chi connectivity index (χ4n) is 2.46. The highest BCUT2D eigenvalue weighted by molar-refractivity contribution is 7.17. The topological polar surface area (TPSA) is 61.0 Å². The van der Waals surface area contributed by atoms with Gasteiger partial charge in [-0.05, 0) is 23.6 Å². The normalized spacial score (nSPS) is 11.0. The van der Waals surface area contributed by atoms with Crippen LogP contribution in [-0.2, 0) is 0 Å². The number of benzene rings is 1. The third-order valence-electron chi connectivity index (χ3n) is 3.55. The molecule has 6 heteroatoms. The molecule has 4 aromatic rings. The van der Waals surface area contributed by atoms with Crippen LogP contribution in [-0.4, -0.2) is 17.1 Å². The molecule has 0 spiro atoms. The molecule has 4 rings (SSSR count). The fourth-order valence-corrected chi connectivity index (χ4v) is 3.94. The Morgan fingerprint density at radius 2 is 2.00 bits per heavy atom. The molecule has 0 aliphatic rings. The van der Waals surface area contributed by atoms with Crippen LogP contribution >= 0.6 is 22.7 Å². The largest absolute Gasteiger partial charge is 0.497 e. The number of nitrogens with zero attached hydrogens (tertiary/aromatic N) is 2. The molecule has 3 heterocycles. The Morgan fingerprint density at radius 1 is 1.09 bits per heavy atom. The molecule has 1 aromatic carbocycles. The SMILES string of the molecule is COc1cccc(-c2nc(-c3cccs3)nc3scc(N)c23)c1. The van der Waals surface area contributed by atoms with Gasteiger partial charge in [-0.3, -0.25) is 0 Å². The number of anilines is 1. The van der Waals surface area contributed by atoms with Crippen LogP contribution in [0.15, 0.2) is 47.2 Å². The van der Waals surface area contributed by atoms with Crippen molar-refractivity contribution in [1.29, 1.82) is 0 Å². The molecule has 0 aliphatic heterocycles. The van der Waals surface area contributed by atoms with E-state index in [9.17, 15) is 0 Å². The van der Waals surface area contributed by atoms with Crippen LogP contribution in [0.25, 0.3) is 32.2 Å². The van der Waals surface area contributed by atoms with Gasteiger partial charge in [0.1, 0.15) is 10.6 Å². The molecule has 23 heavy (non-hydrogen) atoms. The third kappa shape index (κ3) is 2.46. The first kappa shape index (κ1) is 14.2. The molecular formula is C17H13N3OS2. The second kappa shape index (κ2) is 5.64. The Morgan fingerprint density at radius 3 is 2.78 bits per heavy atom. The lowest BCUT2D eigenvalue weighted by atomic mass is 10.1. The Hall–Kier alpha value is -2.44. The summed E-state index contributed by atoms with van der Waals surface area (Å²) in [5.41, 5.74) is 8.68. The highest BCUT2D eigenvalue weighted by Crippen LogP contribution is 2.37. The summed E-state index contributed by atoms with van der Waals surface area (Å²) in [6.45, 7) is 0. The molecule has 0 saturated carbocycles. The van der Waals surface area contributed by atoms with Gasteiger partial charge in [0.15, 0.2) is 5.82 Å². The molecule has 0 fully saturated rings. The average Bonchev–Trinajstić information content (AvgIpc) is 3.24. The lowest BCUT2D eigenvalue weighted by Crippen LogP contribution is -1.94. The lowest BCUT2D eigenvalue weighted by molar-refractivity contribution is 0.415. The average molecular weight is 339 g/mol. The molecule has 4 nitrogen and oxygen atoms in total. The molecule has 0 unspecified atom stereocenters. The zero-order chi connectivity index (χ0) is 15.8. The summed E-state index contributed by atoms with van der Waals surface area (Å²) < 4.78 is 5.33. The van der Waals surface area contributed by atoms with Crippen molar-refractivity contribution in [1.82, 2.24) is 9.97 Å². The van der Waals surface area contributed by atoms with Gasteiger partial charge in [-0.1, -0.05) is 18.2 Å². The minimum absolute atomic E-state index is 0.709. The van der Waals surface area contributed by atoms with E-state index in [1.54, 1.807) is 29.8 Å². The molecular weight excluding hydrogens is 326 g/mol. The van der Waals surface area contributed by atoms with E-state index >= 15 is 0 Å². The van der Waals surface area contributed by atoms with Gasteiger partial charge < -0.3 is 10.5 Å². The second-order valence-electron chi connectivity index (χ2n) is 4.98. The predicted molar refractivity (Wildman–Crippen MR) is 97.1 cm³/mol. The quantitative estimate of drug-likeness (QED) is 0.589. The van der Waals surface area contributed by atoms with Crippen LogP contribution in [0, 0.1) is 0 Å². The van der Waals surface area contributed by atoms with Gasteiger partial charge in [0.05, 0.1) is 28.8 Å². The number of fused-ring (bicyclic) bond motifs is 1. The van der Waals surface area contributed by atoms with E-state index in [2.05, 4.69) is 4.98 Å². The number of methoxy groups -OCH3 is 1. The van der Waals surface area contributed by atoms with Crippen molar-refractivity contribution >= 4 is 38.6 Å². The predicted octanol–water partition coefficient (Wildman–Crippen LogP) is 4.68. The van der Waals surface area contributed by atoms with Crippen LogP contribution < -0.4 is 10.5 Å². The highest BCUT2D eigenvalue weighted by Gasteiger charge is 2.16. The standard InChI is InChI=1S/C17H13N3OS2/c1-21-11-5-2-4-10(8-11)15-14-12(18)9-23-17(14)20-16(19-15)13-6-3-7-22-13/h2-9H,18H2,1H3. The number of ether oxygens (including phenoxy) is 1. The minimum Gasteiger partial charge on any atom is -0.497 e. The smallest absolute Gasteiger partial charge is 0.171 e. The first-order valence-electron chi connectivity index (χ1n) is 6.99. The van der Waals surface area contributed by atoms with Crippen molar-refractivity contribution in [3.05, 3.63) is 47.2 Å². The molecule has 0 bridgehead atoms. The van der Waals surface area contributed by atoms with E-state index in [1.165, 1.54) is 0 Å². The Balaban J connectivity index is 2.01. The number of hydrogen-bond donors (Lipinski definition) is 1. The van der Waals surface area contributed by atoms with Crippen molar-refractivity contribution in [3.63, 3.8) is 0 Å². The molecule has 2 N–H and O–H groups in total. The van der Waals surface area contributed by atoms with E-state index < -0.39 is 0 Å².